The lowest BCUT2D eigenvalue weighted by Gasteiger charge is -2.34. The van der Waals surface area contributed by atoms with Crippen LogP contribution in [0.5, 0.6) is 0 Å². The third-order valence-corrected chi connectivity index (χ3v) is 5.13. The van der Waals surface area contributed by atoms with Crippen LogP contribution >= 0.6 is 0 Å². The van der Waals surface area contributed by atoms with Crippen LogP contribution in [0.1, 0.15) is 61.2 Å². The largest absolute Gasteiger partial charge is 0.444 e. The summed E-state index contributed by atoms with van der Waals surface area (Å²) < 4.78 is 5.66. The summed E-state index contributed by atoms with van der Waals surface area (Å²) in [6, 6.07) is 10.5. The van der Waals surface area contributed by atoms with Crippen LogP contribution in [-0.4, -0.2) is 45.1 Å². The molecule has 2 aromatic rings. The third-order valence-electron chi connectivity index (χ3n) is 5.13. The third kappa shape index (κ3) is 5.21. The highest BCUT2D eigenvalue weighted by atomic mass is 16.6. The van der Waals surface area contributed by atoms with Crippen LogP contribution in [0.4, 0.5) is 4.79 Å². The van der Waals surface area contributed by atoms with E-state index < -0.39 is 17.8 Å². The Kier molecular flexibility index (Phi) is 6.33. The van der Waals surface area contributed by atoms with Crippen molar-refractivity contribution in [2.75, 3.05) is 0 Å². The van der Waals surface area contributed by atoms with E-state index in [1.165, 1.54) is 0 Å². The van der Waals surface area contributed by atoms with E-state index in [2.05, 4.69) is 4.98 Å². The molecule has 0 saturated carbocycles. The number of hydrogen-bond acceptors (Lipinski definition) is 5. The van der Waals surface area contributed by atoms with E-state index in [0.29, 0.717) is 24.0 Å². The summed E-state index contributed by atoms with van der Waals surface area (Å²) in [5, 5.41) is 11.0. The first-order chi connectivity index (χ1) is 13.8. The lowest BCUT2D eigenvalue weighted by molar-refractivity contribution is -0.00458. The number of ether oxygens (including phenoxy) is 1. The first-order valence-electron chi connectivity index (χ1n) is 9.92. The van der Waals surface area contributed by atoms with E-state index >= 15 is 0 Å². The molecule has 2 heterocycles. The van der Waals surface area contributed by atoms with Crippen LogP contribution in [-0.2, 0) is 11.2 Å². The van der Waals surface area contributed by atoms with Gasteiger partial charge in [-0.25, -0.2) is 4.79 Å². The van der Waals surface area contributed by atoms with Crippen molar-refractivity contribution in [3.05, 3.63) is 65.5 Å². The van der Waals surface area contributed by atoms with Gasteiger partial charge in [0.2, 0.25) is 0 Å². The lowest BCUT2D eigenvalue weighted by Crippen LogP contribution is -2.47. The molecule has 1 saturated heterocycles. The molecule has 0 unspecified atom stereocenters. The van der Waals surface area contributed by atoms with Gasteiger partial charge in [0.1, 0.15) is 18.0 Å². The summed E-state index contributed by atoms with van der Waals surface area (Å²) >= 11 is 0. The summed E-state index contributed by atoms with van der Waals surface area (Å²) in [5.41, 5.74) is 1.71. The first-order valence-corrected chi connectivity index (χ1v) is 9.92. The summed E-state index contributed by atoms with van der Waals surface area (Å²) in [5.74, 6) is 0. The molecule has 1 aliphatic rings. The Morgan fingerprint density at radius 3 is 2.59 bits per heavy atom. The quantitative estimate of drug-likeness (QED) is 0.775. The minimum atomic E-state index is -0.835. The molecule has 1 aromatic heterocycles. The van der Waals surface area contributed by atoms with Gasteiger partial charge in [-0.3, -0.25) is 14.7 Å². The smallest absolute Gasteiger partial charge is 0.410 e. The molecule has 1 amide bonds. The van der Waals surface area contributed by atoms with Crippen molar-refractivity contribution in [3.8, 4) is 0 Å². The number of amides is 1. The highest BCUT2D eigenvalue weighted by Crippen LogP contribution is 2.35. The van der Waals surface area contributed by atoms with Gasteiger partial charge in [-0.15, -0.1) is 0 Å². The highest BCUT2D eigenvalue weighted by molar-refractivity contribution is 5.74. The summed E-state index contributed by atoms with van der Waals surface area (Å²) in [4.78, 5) is 29.7. The molecule has 0 spiro atoms. The molecule has 0 aliphatic carbocycles. The molecule has 1 N–H and O–H groups in total. The van der Waals surface area contributed by atoms with Gasteiger partial charge in [0.05, 0.1) is 6.04 Å². The Hall–Kier alpha value is -2.73. The molecule has 29 heavy (non-hydrogen) atoms. The maximum atomic E-state index is 13.0. The number of carbonyl (C=O) groups excluding carboxylic acids is 2. The Balaban J connectivity index is 1.84. The number of pyridine rings is 1. The zero-order chi connectivity index (χ0) is 21.0. The van der Waals surface area contributed by atoms with Crippen LogP contribution in [0.15, 0.2) is 48.8 Å². The molecule has 1 aliphatic heterocycles. The summed E-state index contributed by atoms with van der Waals surface area (Å²) in [7, 11) is 0. The normalized spacial score (nSPS) is 20.3. The van der Waals surface area contributed by atoms with Gasteiger partial charge in [-0.05, 0) is 51.7 Å². The molecule has 3 rings (SSSR count). The second-order valence-electron chi connectivity index (χ2n) is 8.48. The van der Waals surface area contributed by atoms with Gasteiger partial charge in [-0.1, -0.05) is 30.3 Å². The van der Waals surface area contributed by atoms with E-state index in [1.54, 1.807) is 35.5 Å². The van der Waals surface area contributed by atoms with Crippen LogP contribution in [0.2, 0.25) is 0 Å². The molecule has 6 nitrogen and oxygen atoms in total. The first kappa shape index (κ1) is 21.0. The fourth-order valence-corrected chi connectivity index (χ4v) is 3.80. The van der Waals surface area contributed by atoms with Crippen molar-refractivity contribution >= 4 is 12.4 Å². The van der Waals surface area contributed by atoms with Crippen LogP contribution in [0.25, 0.3) is 0 Å². The number of likely N-dealkylation sites (tertiary alicyclic amines) is 1. The van der Waals surface area contributed by atoms with Crippen molar-refractivity contribution in [1.29, 1.82) is 0 Å². The van der Waals surface area contributed by atoms with E-state index in [1.807, 2.05) is 39.0 Å². The summed E-state index contributed by atoms with van der Waals surface area (Å²) in [6.45, 7) is 5.50. The number of aromatic nitrogens is 1. The van der Waals surface area contributed by atoms with Crippen LogP contribution < -0.4 is 0 Å². The molecule has 6 heteroatoms. The van der Waals surface area contributed by atoms with Crippen molar-refractivity contribution in [3.63, 3.8) is 0 Å². The molecule has 0 radical (unpaired) electrons. The summed E-state index contributed by atoms with van der Waals surface area (Å²) in [6.07, 6.45) is 4.91. The van der Waals surface area contributed by atoms with Gasteiger partial charge in [0.25, 0.3) is 0 Å². The topological polar surface area (TPSA) is 79.7 Å². The second-order valence-corrected chi connectivity index (χ2v) is 8.48. The predicted octanol–water partition coefficient (Wildman–Crippen LogP) is 3.94. The van der Waals surface area contributed by atoms with Crippen molar-refractivity contribution < 1.29 is 19.4 Å². The molecular weight excluding hydrogens is 368 g/mol. The minimum Gasteiger partial charge on any atom is -0.444 e. The Labute approximate surface area is 171 Å². The van der Waals surface area contributed by atoms with Gasteiger partial charge in [0, 0.05) is 29.6 Å². The molecule has 3 atom stereocenters. The average molecular weight is 396 g/mol. The van der Waals surface area contributed by atoms with E-state index in [4.69, 9.17) is 4.74 Å². The Bertz CT molecular complexity index is 830. The molecule has 0 bridgehead atoms. The second kappa shape index (κ2) is 8.74. The van der Waals surface area contributed by atoms with Gasteiger partial charge >= 0.3 is 6.09 Å². The number of benzene rings is 1. The number of rotatable bonds is 5. The SMILES string of the molecule is CC(C)(C)OC(=O)N1[C@H](Cc2ccc(C=O)cc2)CC[C@@H]1[C@H](O)c1cccnc1. The zero-order valence-electron chi connectivity index (χ0n) is 17.1. The van der Waals surface area contributed by atoms with Gasteiger partial charge in [-0.2, -0.15) is 0 Å². The number of aliphatic hydroxyl groups excluding tert-OH is 1. The molecule has 154 valence electrons. The maximum absolute atomic E-state index is 13.0. The average Bonchev–Trinajstić information content (AvgIpc) is 3.11. The molecule has 1 aromatic carbocycles. The maximum Gasteiger partial charge on any atom is 0.410 e. The Morgan fingerprint density at radius 1 is 1.28 bits per heavy atom. The van der Waals surface area contributed by atoms with Crippen molar-refractivity contribution in [1.82, 2.24) is 9.88 Å². The van der Waals surface area contributed by atoms with E-state index in [0.717, 1.165) is 18.3 Å². The van der Waals surface area contributed by atoms with Gasteiger partial charge in [0.15, 0.2) is 0 Å². The van der Waals surface area contributed by atoms with Crippen LogP contribution in [0, 0.1) is 0 Å². The standard InChI is InChI=1S/C23H28N2O4/c1-23(2,3)29-22(28)25-19(13-16-6-8-17(15-26)9-7-16)10-11-20(25)21(27)18-5-4-12-24-14-18/h4-9,12,14-15,19-21,27H,10-11,13H2,1-3H3/t19-,20+,21+/m0/s1. The number of aldehydes is 1. The lowest BCUT2D eigenvalue weighted by atomic mass is 10.0. The van der Waals surface area contributed by atoms with E-state index in [9.17, 15) is 14.7 Å². The molecular formula is C23H28N2O4. The minimum absolute atomic E-state index is 0.0942. The van der Waals surface area contributed by atoms with Crippen LogP contribution in [0.3, 0.4) is 0 Å². The Morgan fingerprint density at radius 2 is 2.00 bits per heavy atom. The number of aliphatic hydroxyl groups is 1. The number of nitrogens with zero attached hydrogens (tertiary/aromatic N) is 2. The fourth-order valence-electron chi connectivity index (χ4n) is 3.80. The predicted molar refractivity (Wildman–Crippen MR) is 110 cm³/mol. The van der Waals surface area contributed by atoms with Crippen molar-refractivity contribution in [2.45, 2.75) is 63.8 Å². The highest BCUT2D eigenvalue weighted by Gasteiger charge is 2.42. The number of carbonyl (C=O) groups is 2. The van der Waals surface area contributed by atoms with E-state index in [-0.39, 0.29) is 12.1 Å². The monoisotopic (exact) mass is 396 g/mol. The zero-order valence-corrected chi connectivity index (χ0v) is 17.1. The number of hydrogen-bond donors (Lipinski definition) is 1. The van der Waals surface area contributed by atoms with Crippen molar-refractivity contribution in [2.24, 2.45) is 0 Å². The molecule has 1 fully saturated rings. The van der Waals surface area contributed by atoms with Gasteiger partial charge < -0.3 is 9.84 Å². The fraction of sp³-hybridized carbons (Fsp3) is 0.435.